The van der Waals surface area contributed by atoms with Crippen LogP contribution in [-0.4, -0.2) is 12.6 Å². The van der Waals surface area contributed by atoms with Gasteiger partial charge in [0.15, 0.2) is 12.0 Å². The Morgan fingerprint density at radius 3 is 2.53 bits per heavy atom. The second-order valence-electron chi connectivity index (χ2n) is 3.65. The first-order valence-corrected chi connectivity index (χ1v) is 5.07. The van der Waals surface area contributed by atoms with Crippen molar-refractivity contribution in [3.63, 3.8) is 0 Å². The van der Waals surface area contributed by atoms with E-state index >= 15 is 0 Å². The highest BCUT2D eigenvalue weighted by Gasteiger charge is 2.16. The average molecular weight is 204 g/mol. The zero-order chi connectivity index (χ0) is 10.7. The summed E-state index contributed by atoms with van der Waals surface area (Å²) in [5.41, 5.74) is 1.78. The van der Waals surface area contributed by atoms with Gasteiger partial charge in [0.05, 0.1) is 0 Å². The first-order chi connectivity index (χ1) is 7.35. The van der Waals surface area contributed by atoms with Crippen molar-refractivity contribution in [3.8, 4) is 0 Å². The highest BCUT2D eigenvalue weighted by atomic mass is 16.3. The van der Waals surface area contributed by atoms with Gasteiger partial charge in [0.25, 0.3) is 0 Å². The van der Waals surface area contributed by atoms with Crippen LogP contribution in [0, 0.1) is 0 Å². The standard InChI is InChI=1S/C12H12O3/c13-7-9-3-1-2-4-11(9)12-6-5-10(8-14)15-12/h5-8H,1-4H2. The van der Waals surface area contributed by atoms with E-state index in [1.54, 1.807) is 12.1 Å². The number of aldehydes is 2. The monoisotopic (exact) mass is 204 g/mol. The van der Waals surface area contributed by atoms with E-state index < -0.39 is 0 Å². The van der Waals surface area contributed by atoms with E-state index in [0.29, 0.717) is 17.8 Å². The zero-order valence-corrected chi connectivity index (χ0v) is 8.36. The van der Waals surface area contributed by atoms with Crippen molar-refractivity contribution in [2.45, 2.75) is 25.7 Å². The Kier molecular flexibility index (Phi) is 2.81. The molecule has 1 aromatic heterocycles. The maximum atomic E-state index is 10.9. The average Bonchev–Trinajstić information content (AvgIpc) is 2.77. The van der Waals surface area contributed by atoms with E-state index in [4.69, 9.17) is 4.42 Å². The summed E-state index contributed by atoms with van der Waals surface area (Å²) in [5, 5.41) is 0. The fourth-order valence-electron chi connectivity index (χ4n) is 1.92. The van der Waals surface area contributed by atoms with Crippen LogP contribution in [0.2, 0.25) is 0 Å². The summed E-state index contributed by atoms with van der Waals surface area (Å²) in [5.74, 6) is 0.979. The summed E-state index contributed by atoms with van der Waals surface area (Å²) in [7, 11) is 0. The molecule has 2 rings (SSSR count). The Balaban J connectivity index is 2.38. The molecular weight excluding hydrogens is 192 g/mol. The van der Waals surface area contributed by atoms with Gasteiger partial charge in [0.2, 0.25) is 0 Å². The Morgan fingerprint density at radius 1 is 1.07 bits per heavy atom. The maximum Gasteiger partial charge on any atom is 0.185 e. The van der Waals surface area contributed by atoms with Crippen molar-refractivity contribution in [1.82, 2.24) is 0 Å². The second kappa shape index (κ2) is 4.26. The summed E-state index contributed by atoms with van der Waals surface area (Å²) in [6.45, 7) is 0. The molecular formula is C12H12O3. The molecule has 0 N–H and O–H groups in total. The lowest BCUT2D eigenvalue weighted by molar-refractivity contribution is -0.105. The van der Waals surface area contributed by atoms with E-state index in [0.717, 1.165) is 43.1 Å². The highest BCUT2D eigenvalue weighted by Crippen LogP contribution is 2.31. The number of allylic oxidation sites excluding steroid dienone is 2. The topological polar surface area (TPSA) is 47.3 Å². The van der Waals surface area contributed by atoms with Gasteiger partial charge in [-0.2, -0.15) is 0 Å². The number of rotatable bonds is 3. The molecule has 0 atom stereocenters. The fourth-order valence-corrected chi connectivity index (χ4v) is 1.92. The maximum absolute atomic E-state index is 10.9. The molecule has 1 aliphatic rings. The molecule has 1 aromatic rings. The smallest absolute Gasteiger partial charge is 0.185 e. The van der Waals surface area contributed by atoms with Gasteiger partial charge in [0.1, 0.15) is 12.0 Å². The summed E-state index contributed by atoms with van der Waals surface area (Å²) in [6, 6.07) is 3.39. The summed E-state index contributed by atoms with van der Waals surface area (Å²) < 4.78 is 5.32. The summed E-state index contributed by atoms with van der Waals surface area (Å²) in [6.07, 6.45) is 5.38. The molecule has 1 heterocycles. The van der Waals surface area contributed by atoms with E-state index in [1.165, 1.54) is 0 Å². The van der Waals surface area contributed by atoms with Crippen LogP contribution in [0.4, 0.5) is 0 Å². The van der Waals surface area contributed by atoms with Crippen LogP contribution in [0.15, 0.2) is 22.1 Å². The molecule has 0 aliphatic heterocycles. The first-order valence-electron chi connectivity index (χ1n) is 5.07. The molecule has 15 heavy (non-hydrogen) atoms. The molecule has 0 fully saturated rings. The first kappa shape index (κ1) is 9.90. The van der Waals surface area contributed by atoms with Crippen molar-refractivity contribution in [2.24, 2.45) is 0 Å². The predicted molar refractivity (Wildman–Crippen MR) is 55.5 cm³/mol. The third-order valence-electron chi connectivity index (χ3n) is 2.69. The molecule has 0 saturated carbocycles. The third-order valence-corrected chi connectivity index (χ3v) is 2.69. The van der Waals surface area contributed by atoms with E-state index in [9.17, 15) is 9.59 Å². The molecule has 3 nitrogen and oxygen atoms in total. The minimum atomic E-state index is 0.313. The normalized spacial score (nSPS) is 16.5. The fraction of sp³-hybridized carbons (Fsp3) is 0.333. The van der Waals surface area contributed by atoms with Crippen molar-refractivity contribution in [1.29, 1.82) is 0 Å². The van der Waals surface area contributed by atoms with E-state index in [1.807, 2.05) is 0 Å². The van der Waals surface area contributed by atoms with Crippen LogP contribution in [0.5, 0.6) is 0 Å². The summed E-state index contributed by atoms with van der Waals surface area (Å²) >= 11 is 0. The quantitative estimate of drug-likeness (QED) is 0.711. The van der Waals surface area contributed by atoms with Crippen molar-refractivity contribution in [3.05, 3.63) is 29.2 Å². The number of carbonyl (C=O) groups excluding carboxylic acids is 2. The van der Waals surface area contributed by atoms with Gasteiger partial charge in [-0.15, -0.1) is 0 Å². The van der Waals surface area contributed by atoms with Crippen molar-refractivity contribution >= 4 is 18.1 Å². The molecule has 0 aromatic carbocycles. The third kappa shape index (κ3) is 1.91. The Bertz CT molecular complexity index is 412. The lowest BCUT2D eigenvalue weighted by Gasteiger charge is -2.14. The molecule has 1 aliphatic carbocycles. The van der Waals surface area contributed by atoms with Crippen LogP contribution in [0.3, 0.4) is 0 Å². The highest BCUT2D eigenvalue weighted by molar-refractivity contribution is 5.88. The lowest BCUT2D eigenvalue weighted by atomic mass is 9.91. The van der Waals surface area contributed by atoms with Crippen LogP contribution in [-0.2, 0) is 4.79 Å². The minimum absolute atomic E-state index is 0.313. The van der Waals surface area contributed by atoms with Crippen molar-refractivity contribution < 1.29 is 14.0 Å². The van der Waals surface area contributed by atoms with Crippen LogP contribution in [0.25, 0.3) is 5.57 Å². The predicted octanol–water partition coefficient (Wildman–Crippen LogP) is 2.62. The van der Waals surface area contributed by atoms with Gasteiger partial charge in [-0.05, 0) is 43.4 Å². The molecule has 0 amide bonds. The Morgan fingerprint density at radius 2 is 1.87 bits per heavy atom. The SMILES string of the molecule is O=CC1=C(c2ccc(C=O)o2)CCCC1. The number of carbonyl (C=O) groups is 2. The zero-order valence-electron chi connectivity index (χ0n) is 8.36. The van der Waals surface area contributed by atoms with Crippen LogP contribution < -0.4 is 0 Å². The second-order valence-corrected chi connectivity index (χ2v) is 3.65. The van der Waals surface area contributed by atoms with Gasteiger partial charge in [-0.25, -0.2) is 0 Å². The number of furan rings is 1. The molecule has 0 radical (unpaired) electrons. The molecule has 0 saturated heterocycles. The van der Waals surface area contributed by atoms with Gasteiger partial charge >= 0.3 is 0 Å². The molecule has 0 bridgehead atoms. The van der Waals surface area contributed by atoms with Crippen molar-refractivity contribution in [2.75, 3.05) is 0 Å². The Hall–Kier alpha value is -1.64. The lowest BCUT2D eigenvalue weighted by Crippen LogP contribution is -1.99. The molecule has 0 unspecified atom stereocenters. The van der Waals surface area contributed by atoms with Gasteiger partial charge in [-0.3, -0.25) is 9.59 Å². The minimum Gasteiger partial charge on any atom is -0.454 e. The van der Waals surface area contributed by atoms with Gasteiger partial charge < -0.3 is 4.42 Å². The van der Waals surface area contributed by atoms with E-state index in [2.05, 4.69) is 0 Å². The van der Waals surface area contributed by atoms with E-state index in [-0.39, 0.29) is 0 Å². The number of hydrogen-bond donors (Lipinski definition) is 0. The largest absolute Gasteiger partial charge is 0.454 e. The number of hydrogen-bond acceptors (Lipinski definition) is 3. The summed E-state index contributed by atoms with van der Waals surface area (Å²) in [4.78, 5) is 21.3. The molecule has 78 valence electrons. The van der Waals surface area contributed by atoms with Gasteiger partial charge in [-0.1, -0.05) is 0 Å². The van der Waals surface area contributed by atoms with Crippen LogP contribution >= 0.6 is 0 Å². The van der Waals surface area contributed by atoms with Gasteiger partial charge in [0, 0.05) is 5.57 Å². The Labute approximate surface area is 87.8 Å². The van der Waals surface area contributed by atoms with Crippen LogP contribution in [0.1, 0.15) is 42.0 Å². The molecule has 3 heteroatoms. The molecule has 0 spiro atoms.